The Morgan fingerprint density at radius 3 is 2.65 bits per heavy atom. The van der Waals surface area contributed by atoms with Crippen LogP contribution in [0, 0.1) is 22.0 Å². The predicted octanol–water partition coefficient (Wildman–Crippen LogP) is 4.05. The molecule has 2 bridgehead atoms. The van der Waals surface area contributed by atoms with Crippen molar-refractivity contribution in [2.75, 3.05) is 0 Å². The summed E-state index contributed by atoms with van der Waals surface area (Å²) < 4.78 is 5.49. The average molecular weight is 313 g/mol. The SMILES string of the molecule is C=CC(CC1=CC2CCC1C2)OC(=O)c1ccc([N+](=O)[O-])cc1. The lowest BCUT2D eigenvalue weighted by molar-refractivity contribution is -0.384. The number of ether oxygens (including phenoxy) is 1. The van der Waals surface area contributed by atoms with Crippen LogP contribution in [-0.4, -0.2) is 17.0 Å². The van der Waals surface area contributed by atoms with Gasteiger partial charge in [0, 0.05) is 18.6 Å². The molecule has 0 aliphatic heterocycles. The number of carbonyl (C=O) groups excluding carboxylic acids is 1. The van der Waals surface area contributed by atoms with E-state index in [1.807, 2.05) is 0 Å². The number of rotatable bonds is 6. The van der Waals surface area contributed by atoms with Crippen LogP contribution < -0.4 is 0 Å². The van der Waals surface area contributed by atoms with Gasteiger partial charge in [0.15, 0.2) is 0 Å². The standard InChI is InChI=1S/C18H19NO4/c1-2-17(11-15-10-12-3-4-14(15)9-12)23-18(20)13-5-7-16(8-6-13)19(21)22/h2,5-8,10,12,14,17H,1,3-4,9,11H2. The summed E-state index contributed by atoms with van der Waals surface area (Å²) in [6.45, 7) is 3.76. The normalized spacial score (nSPS) is 23.2. The molecular weight excluding hydrogens is 294 g/mol. The van der Waals surface area contributed by atoms with Crippen LogP contribution in [0.3, 0.4) is 0 Å². The first kappa shape index (κ1) is 15.5. The van der Waals surface area contributed by atoms with Crippen LogP contribution in [-0.2, 0) is 4.74 Å². The molecule has 1 aromatic rings. The molecule has 0 aromatic heterocycles. The number of benzene rings is 1. The highest BCUT2D eigenvalue weighted by molar-refractivity contribution is 5.89. The van der Waals surface area contributed by atoms with Gasteiger partial charge in [0.25, 0.3) is 5.69 Å². The largest absolute Gasteiger partial charge is 0.454 e. The molecule has 3 unspecified atom stereocenters. The molecule has 23 heavy (non-hydrogen) atoms. The number of esters is 1. The first-order valence-corrected chi connectivity index (χ1v) is 7.85. The molecule has 0 radical (unpaired) electrons. The number of non-ortho nitro benzene ring substituents is 1. The van der Waals surface area contributed by atoms with E-state index in [-0.39, 0.29) is 11.8 Å². The minimum Gasteiger partial charge on any atom is -0.454 e. The first-order chi connectivity index (χ1) is 11.1. The van der Waals surface area contributed by atoms with Crippen molar-refractivity contribution in [3.05, 3.63) is 64.2 Å². The first-order valence-electron chi connectivity index (χ1n) is 7.85. The van der Waals surface area contributed by atoms with Crippen LogP contribution in [0.1, 0.15) is 36.0 Å². The zero-order chi connectivity index (χ0) is 16.4. The van der Waals surface area contributed by atoms with E-state index in [1.165, 1.54) is 49.1 Å². The predicted molar refractivity (Wildman–Crippen MR) is 86.0 cm³/mol. The molecule has 5 heteroatoms. The summed E-state index contributed by atoms with van der Waals surface area (Å²) >= 11 is 0. The molecule has 0 heterocycles. The van der Waals surface area contributed by atoms with Gasteiger partial charge in [-0.3, -0.25) is 10.1 Å². The van der Waals surface area contributed by atoms with Gasteiger partial charge in [-0.2, -0.15) is 0 Å². The number of nitrogens with zero attached hydrogens (tertiary/aromatic N) is 1. The van der Waals surface area contributed by atoms with E-state index >= 15 is 0 Å². The van der Waals surface area contributed by atoms with E-state index in [4.69, 9.17) is 4.74 Å². The fraction of sp³-hybridized carbons (Fsp3) is 0.389. The van der Waals surface area contributed by atoms with Gasteiger partial charge < -0.3 is 4.74 Å². The third-order valence-electron chi connectivity index (χ3n) is 4.72. The van der Waals surface area contributed by atoms with E-state index < -0.39 is 10.9 Å². The highest BCUT2D eigenvalue weighted by atomic mass is 16.6. The van der Waals surface area contributed by atoms with Crippen molar-refractivity contribution in [1.82, 2.24) is 0 Å². The van der Waals surface area contributed by atoms with Crippen LogP contribution in [0.15, 0.2) is 48.6 Å². The molecule has 5 nitrogen and oxygen atoms in total. The van der Waals surface area contributed by atoms with Crippen molar-refractivity contribution in [1.29, 1.82) is 0 Å². The van der Waals surface area contributed by atoms with Gasteiger partial charge >= 0.3 is 5.97 Å². The summed E-state index contributed by atoms with van der Waals surface area (Å²) in [5.74, 6) is 0.861. The van der Waals surface area contributed by atoms with E-state index in [2.05, 4.69) is 12.7 Å². The molecule has 0 spiro atoms. The van der Waals surface area contributed by atoms with Gasteiger partial charge in [-0.25, -0.2) is 4.79 Å². The Labute approximate surface area is 134 Å². The Morgan fingerprint density at radius 1 is 1.39 bits per heavy atom. The fourth-order valence-electron chi connectivity index (χ4n) is 3.51. The topological polar surface area (TPSA) is 69.4 Å². The lowest BCUT2D eigenvalue weighted by atomic mass is 9.94. The number of allylic oxidation sites excluding steroid dienone is 1. The zero-order valence-corrected chi connectivity index (χ0v) is 12.8. The Balaban J connectivity index is 1.62. The Kier molecular flexibility index (Phi) is 4.28. The van der Waals surface area contributed by atoms with E-state index in [9.17, 15) is 14.9 Å². The maximum atomic E-state index is 12.2. The third-order valence-corrected chi connectivity index (χ3v) is 4.72. The molecule has 3 atom stereocenters. The second-order valence-electron chi connectivity index (χ2n) is 6.20. The molecule has 0 N–H and O–H groups in total. The number of fused-ring (bicyclic) bond motifs is 2. The van der Waals surface area contributed by atoms with Crippen LogP contribution >= 0.6 is 0 Å². The minimum absolute atomic E-state index is 0.0473. The number of carbonyl (C=O) groups is 1. The highest BCUT2D eigenvalue weighted by Crippen LogP contribution is 2.45. The highest BCUT2D eigenvalue weighted by Gasteiger charge is 2.33. The number of nitro groups is 1. The average Bonchev–Trinajstić information content (AvgIpc) is 3.17. The summed E-state index contributed by atoms with van der Waals surface area (Å²) in [4.78, 5) is 22.3. The number of hydrogen-bond acceptors (Lipinski definition) is 4. The van der Waals surface area contributed by atoms with Gasteiger partial charge in [-0.05, 0) is 43.2 Å². The van der Waals surface area contributed by atoms with Gasteiger partial charge in [-0.15, -0.1) is 0 Å². The Bertz CT molecular complexity index is 662. The molecule has 2 aliphatic rings. The minimum atomic E-state index is -0.497. The van der Waals surface area contributed by atoms with Crippen molar-refractivity contribution in [3.8, 4) is 0 Å². The number of hydrogen-bond donors (Lipinski definition) is 0. The Morgan fingerprint density at radius 2 is 2.13 bits per heavy atom. The van der Waals surface area contributed by atoms with Crippen molar-refractivity contribution >= 4 is 11.7 Å². The summed E-state index contributed by atoms with van der Waals surface area (Å²) in [6, 6.07) is 5.44. The number of nitro benzene ring substituents is 1. The summed E-state index contributed by atoms with van der Waals surface area (Å²) in [6.07, 6.45) is 8.05. The lowest BCUT2D eigenvalue weighted by Crippen LogP contribution is -2.18. The molecular formula is C18H19NO4. The van der Waals surface area contributed by atoms with Crippen molar-refractivity contribution in [2.24, 2.45) is 11.8 Å². The second-order valence-corrected chi connectivity index (χ2v) is 6.20. The zero-order valence-electron chi connectivity index (χ0n) is 12.8. The van der Waals surface area contributed by atoms with Gasteiger partial charge in [-0.1, -0.05) is 24.3 Å². The molecule has 1 aromatic carbocycles. The molecule has 1 saturated carbocycles. The molecule has 0 amide bonds. The monoisotopic (exact) mass is 313 g/mol. The maximum absolute atomic E-state index is 12.2. The van der Waals surface area contributed by atoms with Crippen molar-refractivity contribution in [2.45, 2.75) is 31.8 Å². The van der Waals surface area contributed by atoms with Crippen molar-refractivity contribution in [3.63, 3.8) is 0 Å². The Hall–Kier alpha value is -2.43. The van der Waals surface area contributed by atoms with Crippen LogP contribution in [0.4, 0.5) is 5.69 Å². The molecule has 120 valence electrons. The smallest absolute Gasteiger partial charge is 0.338 e. The molecule has 0 saturated heterocycles. The molecule has 2 aliphatic carbocycles. The maximum Gasteiger partial charge on any atom is 0.338 e. The van der Waals surface area contributed by atoms with E-state index in [0.717, 1.165) is 0 Å². The van der Waals surface area contributed by atoms with E-state index in [1.54, 1.807) is 6.08 Å². The second kappa shape index (κ2) is 6.36. The fourth-order valence-corrected chi connectivity index (χ4v) is 3.51. The van der Waals surface area contributed by atoms with Crippen LogP contribution in [0.5, 0.6) is 0 Å². The van der Waals surface area contributed by atoms with Crippen LogP contribution in [0.2, 0.25) is 0 Å². The van der Waals surface area contributed by atoms with Crippen LogP contribution in [0.25, 0.3) is 0 Å². The lowest BCUT2D eigenvalue weighted by Gasteiger charge is -2.19. The van der Waals surface area contributed by atoms with Gasteiger partial charge in [0.2, 0.25) is 0 Å². The third kappa shape index (κ3) is 3.33. The summed E-state index contributed by atoms with van der Waals surface area (Å²) in [7, 11) is 0. The van der Waals surface area contributed by atoms with Gasteiger partial charge in [0.05, 0.1) is 10.5 Å². The quantitative estimate of drug-likeness (QED) is 0.344. The summed E-state index contributed by atoms with van der Waals surface area (Å²) in [5, 5.41) is 10.6. The van der Waals surface area contributed by atoms with Gasteiger partial charge in [0.1, 0.15) is 6.10 Å². The van der Waals surface area contributed by atoms with Crippen molar-refractivity contribution < 1.29 is 14.5 Å². The summed E-state index contributed by atoms with van der Waals surface area (Å²) in [5.41, 5.74) is 1.64. The molecule has 1 fully saturated rings. The van der Waals surface area contributed by atoms with E-state index in [0.29, 0.717) is 23.8 Å². The molecule has 3 rings (SSSR count).